The van der Waals surface area contributed by atoms with Crippen molar-refractivity contribution in [1.29, 1.82) is 0 Å². The fourth-order valence-electron chi connectivity index (χ4n) is 2.05. The lowest BCUT2D eigenvalue weighted by Crippen LogP contribution is -2.29. The van der Waals surface area contributed by atoms with E-state index >= 15 is 0 Å². The van der Waals surface area contributed by atoms with Gasteiger partial charge in [-0.05, 0) is 24.1 Å². The van der Waals surface area contributed by atoms with Crippen molar-refractivity contribution in [2.24, 2.45) is 0 Å². The molecular formula is C18H21NO2S2. The zero-order chi connectivity index (χ0) is 16.5. The molecule has 2 rings (SSSR count). The minimum absolute atomic E-state index is 0.0186. The van der Waals surface area contributed by atoms with E-state index in [1.807, 2.05) is 61.5 Å². The summed E-state index contributed by atoms with van der Waals surface area (Å²) < 4.78 is 12.0. The van der Waals surface area contributed by atoms with Crippen LogP contribution >= 0.6 is 11.8 Å². The molecule has 23 heavy (non-hydrogen) atoms. The van der Waals surface area contributed by atoms with Gasteiger partial charge in [0.1, 0.15) is 0 Å². The fourth-order valence-corrected chi connectivity index (χ4v) is 3.95. The third-order valence-electron chi connectivity index (χ3n) is 3.27. The standard InChI is InChI=1S/C18H21NO2S2/c1-15-7-5-6-10-17(15)22-13-18(20)19-11-12-23(21)14-16-8-3-2-4-9-16/h2-10H,11-14H2,1H3,(H,19,20). The predicted octanol–water partition coefficient (Wildman–Crippen LogP) is 3.15. The SMILES string of the molecule is Cc1ccccc1SCC(=O)NCCS(=O)Cc1ccccc1. The van der Waals surface area contributed by atoms with Gasteiger partial charge in [0.05, 0.1) is 5.75 Å². The summed E-state index contributed by atoms with van der Waals surface area (Å²) in [5.41, 5.74) is 2.24. The Morgan fingerprint density at radius 1 is 1.09 bits per heavy atom. The molecule has 0 saturated heterocycles. The molecule has 1 unspecified atom stereocenters. The van der Waals surface area contributed by atoms with Crippen molar-refractivity contribution in [2.45, 2.75) is 17.6 Å². The topological polar surface area (TPSA) is 46.2 Å². The first kappa shape index (κ1) is 17.8. The van der Waals surface area contributed by atoms with Gasteiger partial charge in [0.15, 0.2) is 0 Å². The smallest absolute Gasteiger partial charge is 0.230 e. The molecule has 0 fully saturated rings. The van der Waals surface area contributed by atoms with Gasteiger partial charge in [-0.2, -0.15) is 0 Å². The van der Waals surface area contributed by atoms with Crippen molar-refractivity contribution in [1.82, 2.24) is 5.32 Å². The second kappa shape index (κ2) is 9.53. The Morgan fingerprint density at radius 2 is 1.78 bits per heavy atom. The number of benzene rings is 2. The molecule has 2 aromatic rings. The summed E-state index contributed by atoms with van der Waals surface area (Å²) in [7, 11) is -0.953. The van der Waals surface area contributed by atoms with Crippen molar-refractivity contribution >= 4 is 28.5 Å². The summed E-state index contributed by atoms with van der Waals surface area (Å²) in [6, 6.07) is 17.8. The van der Waals surface area contributed by atoms with E-state index in [1.54, 1.807) is 0 Å². The second-order valence-corrected chi connectivity index (χ2v) is 7.77. The molecule has 0 aromatic heterocycles. The zero-order valence-corrected chi connectivity index (χ0v) is 14.8. The molecule has 1 N–H and O–H groups in total. The number of carbonyl (C=O) groups excluding carboxylic acids is 1. The number of aryl methyl sites for hydroxylation is 1. The van der Waals surface area contributed by atoms with Crippen LogP contribution in [0.15, 0.2) is 59.5 Å². The predicted molar refractivity (Wildman–Crippen MR) is 98.1 cm³/mol. The van der Waals surface area contributed by atoms with Crippen LogP contribution in [0.5, 0.6) is 0 Å². The van der Waals surface area contributed by atoms with Crippen molar-refractivity contribution in [2.75, 3.05) is 18.1 Å². The Labute approximate surface area is 144 Å². The number of thioether (sulfide) groups is 1. The molecule has 0 aliphatic rings. The third-order valence-corrected chi connectivity index (χ3v) is 5.77. The summed E-state index contributed by atoms with van der Waals surface area (Å²) in [6.07, 6.45) is 0. The first-order valence-electron chi connectivity index (χ1n) is 7.49. The van der Waals surface area contributed by atoms with E-state index in [4.69, 9.17) is 0 Å². The molecule has 0 aliphatic heterocycles. The van der Waals surface area contributed by atoms with Crippen LogP contribution in [-0.4, -0.2) is 28.2 Å². The molecular weight excluding hydrogens is 326 g/mol. The van der Waals surface area contributed by atoms with Crippen molar-refractivity contribution in [3.8, 4) is 0 Å². The molecule has 3 nitrogen and oxygen atoms in total. The van der Waals surface area contributed by atoms with Gasteiger partial charge in [0, 0.05) is 33.7 Å². The van der Waals surface area contributed by atoms with Gasteiger partial charge in [-0.25, -0.2) is 0 Å². The van der Waals surface area contributed by atoms with Gasteiger partial charge < -0.3 is 5.32 Å². The summed E-state index contributed by atoms with van der Waals surface area (Å²) in [4.78, 5) is 13.0. The van der Waals surface area contributed by atoms with E-state index in [0.29, 0.717) is 23.8 Å². The van der Waals surface area contributed by atoms with Crippen molar-refractivity contribution < 1.29 is 9.00 Å². The summed E-state index contributed by atoms with van der Waals surface area (Å²) in [5.74, 6) is 1.38. The molecule has 0 saturated carbocycles. The van der Waals surface area contributed by atoms with Crippen LogP contribution in [0.1, 0.15) is 11.1 Å². The highest BCUT2D eigenvalue weighted by Gasteiger charge is 2.06. The number of carbonyl (C=O) groups is 1. The molecule has 5 heteroatoms. The Bertz CT molecular complexity index is 659. The number of hydrogen-bond acceptors (Lipinski definition) is 3. The number of hydrogen-bond donors (Lipinski definition) is 1. The maximum absolute atomic E-state index is 12.0. The summed E-state index contributed by atoms with van der Waals surface area (Å²) in [5, 5.41) is 2.84. The largest absolute Gasteiger partial charge is 0.354 e. The minimum Gasteiger partial charge on any atom is -0.354 e. The molecule has 1 amide bonds. The van der Waals surface area contributed by atoms with Gasteiger partial charge in [-0.3, -0.25) is 9.00 Å². The monoisotopic (exact) mass is 347 g/mol. The molecule has 1 atom stereocenters. The fraction of sp³-hybridized carbons (Fsp3) is 0.278. The van der Waals surface area contributed by atoms with Gasteiger partial charge in [-0.1, -0.05) is 48.5 Å². The van der Waals surface area contributed by atoms with E-state index in [0.717, 1.165) is 10.5 Å². The number of nitrogens with one attached hydrogen (secondary N) is 1. The molecule has 0 bridgehead atoms. The molecule has 0 radical (unpaired) electrons. The van der Waals surface area contributed by atoms with Crippen molar-refractivity contribution in [3.05, 3.63) is 65.7 Å². The zero-order valence-electron chi connectivity index (χ0n) is 13.2. The van der Waals surface area contributed by atoms with Crippen LogP contribution in [0, 0.1) is 6.92 Å². The molecule has 0 spiro atoms. The van der Waals surface area contributed by atoms with Gasteiger partial charge in [0.2, 0.25) is 5.91 Å². The van der Waals surface area contributed by atoms with Gasteiger partial charge in [-0.15, -0.1) is 11.8 Å². The lowest BCUT2D eigenvalue weighted by molar-refractivity contribution is -0.118. The summed E-state index contributed by atoms with van der Waals surface area (Å²) in [6.45, 7) is 2.49. The first-order valence-corrected chi connectivity index (χ1v) is 9.96. The van der Waals surface area contributed by atoms with Crippen LogP contribution in [0.2, 0.25) is 0 Å². The Morgan fingerprint density at radius 3 is 2.52 bits per heavy atom. The number of amides is 1. The van der Waals surface area contributed by atoms with E-state index in [2.05, 4.69) is 5.32 Å². The molecule has 2 aromatic carbocycles. The highest BCUT2D eigenvalue weighted by atomic mass is 32.2. The molecule has 0 aliphatic carbocycles. The quantitative estimate of drug-likeness (QED) is 0.746. The van der Waals surface area contributed by atoms with Crippen LogP contribution in [0.3, 0.4) is 0 Å². The Balaban J connectivity index is 1.65. The van der Waals surface area contributed by atoms with Crippen molar-refractivity contribution in [3.63, 3.8) is 0 Å². The van der Waals surface area contributed by atoms with Gasteiger partial charge in [0.25, 0.3) is 0 Å². The van der Waals surface area contributed by atoms with Crippen LogP contribution in [0.4, 0.5) is 0 Å². The maximum Gasteiger partial charge on any atom is 0.230 e. The lowest BCUT2D eigenvalue weighted by Gasteiger charge is -2.07. The lowest BCUT2D eigenvalue weighted by atomic mass is 10.2. The Hall–Kier alpha value is -1.59. The Kier molecular flexibility index (Phi) is 7.36. The first-order chi connectivity index (χ1) is 11.1. The van der Waals surface area contributed by atoms with E-state index < -0.39 is 10.8 Å². The minimum atomic E-state index is -0.953. The van der Waals surface area contributed by atoms with E-state index in [-0.39, 0.29) is 5.91 Å². The summed E-state index contributed by atoms with van der Waals surface area (Å²) >= 11 is 1.53. The third kappa shape index (κ3) is 6.59. The van der Waals surface area contributed by atoms with E-state index in [9.17, 15) is 9.00 Å². The average molecular weight is 348 g/mol. The number of rotatable bonds is 8. The van der Waals surface area contributed by atoms with E-state index in [1.165, 1.54) is 17.3 Å². The maximum atomic E-state index is 12.0. The highest BCUT2D eigenvalue weighted by molar-refractivity contribution is 8.00. The van der Waals surface area contributed by atoms with Crippen LogP contribution < -0.4 is 5.32 Å². The molecule has 122 valence electrons. The molecule has 0 heterocycles. The van der Waals surface area contributed by atoms with Crippen LogP contribution in [0.25, 0.3) is 0 Å². The van der Waals surface area contributed by atoms with Crippen LogP contribution in [-0.2, 0) is 21.3 Å². The normalized spacial score (nSPS) is 11.9. The highest BCUT2D eigenvalue weighted by Crippen LogP contribution is 2.21. The second-order valence-electron chi connectivity index (χ2n) is 5.18. The average Bonchev–Trinajstić information content (AvgIpc) is 2.55. The van der Waals surface area contributed by atoms with Gasteiger partial charge >= 0.3 is 0 Å².